The van der Waals surface area contributed by atoms with Crippen molar-refractivity contribution in [2.75, 3.05) is 5.32 Å². The standard InChI is InChI=1S/C24H20N4OS/c25-12-3-13-28-14-20(19-4-1-2-5-22(19)28)21-15-30-24(27-21)17-8-10-18(11-9-17)26-23(29)16-6-7-16/h1-2,4-5,8-11,14-16H,3,6-7,13H2,(H,26,29). The molecule has 2 heterocycles. The van der Waals surface area contributed by atoms with Crippen LogP contribution in [0.4, 0.5) is 5.69 Å². The zero-order chi connectivity index (χ0) is 20.5. The minimum absolute atomic E-state index is 0.118. The van der Waals surface area contributed by atoms with Crippen molar-refractivity contribution in [2.24, 2.45) is 5.92 Å². The Morgan fingerprint density at radius 1 is 1.20 bits per heavy atom. The number of rotatable bonds is 6. The van der Waals surface area contributed by atoms with Gasteiger partial charge in [0.2, 0.25) is 5.91 Å². The van der Waals surface area contributed by atoms with Crippen molar-refractivity contribution in [1.82, 2.24) is 9.55 Å². The van der Waals surface area contributed by atoms with Crippen LogP contribution in [-0.2, 0) is 11.3 Å². The van der Waals surface area contributed by atoms with Crippen molar-refractivity contribution in [2.45, 2.75) is 25.8 Å². The summed E-state index contributed by atoms with van der Waals surface area (Å²) >= 11 is 1.61. The van der Waals surface area contributed by atoms with Crippen molar-refractivity contribution >= 4 is 33.8 Å². The van der Waals surface area contributed by atoms with Crippen molar-refractivity contribution in [3.63, 3.8) is 0 Å². The SMILES string of the molecule is N#CCCn1cc(-c2csc(-c3ccc(NC(=O)C4CC4)cc3)n2)c2ccccc21. The van der Waals surface area contributed by atoms with E-state index in [4.69, 9.17) is 10.2 Å². The summed E-state index contributed by atoms with van der Waals surface area (Å²) in [5.74, 6) is 0.313. The van der Waals surface area contributed by atoms with Crippen LogP contribution < -0.4 is 5.32 Å². The summed E-state index contributed by atoms with van der Waals surface area (Å²) < 4.78 is 2.13. The molecule has 4 aromatic rings. The quantitative estimate of drug-likeness (QED) is 0.442. The number of para-hydroxylation sites is 1. The van der Waals surface area contributed by atoms with Gasteiger partial charge in [-0.15, -0.1) is 11.3 Å². The van der Waals surface area contributed by atoms with Gasteiger partial charge in [-0.1, -0.05) is 18.2 Å². The molecule has 1 aliphatic carbocycles. The number of carbonyl (C=O) groups is 1. The molecule has 1 aliphatic rings. The van der Waals surface area contributed by atoms with E-state index in [1.54, 1.807) is 11.3 Å². The molecule has 0 atom stereocenters. The monoisotopic (exact) mass is 412 g/mol. The second-order valence-electron chi connectivity index (χ2n) is 7.54. The number of thiazole rings is 1. The highest BCUT2D eigenvalue weighted by Crippen LogP contribution is 2.35. The van der Waals surface area contributed by atoms with Crippen LogP contribution in [-0.4, -0.2) is 15.5 Å². The number of fused-ring (bicyclic) bond motifs is 1. The molecule has 30 heavy (non-hydrogen) atoms. The van der Waals surface area contributed by atoms with Gasteiger partial charge in [-0.05, 0) is 43.2 Å². The molecule has 2 aromatic carbocycles. The van der Waals surface area contributed by atoms with E-state index in [2.05, 4.69) is 39.7 Å². The van der Waals surface area contributed by atoms with E-state index in [-0.39, 0.29) is 11.8 Å². The van der Waals surface area contributed by atoms with Crippen LogP contribution in [0.2, 0.25) is 0 Å². The zero-order valence-corrected chi connectivity index (χ0v) is 17.2. The van der Waals surface area contributed by atoms with Gasteiger partial charge < -0.3 is 9.88 Å². The number of hydrogen-bond acceptors (Lipinski definition) is 4. The van der Waals surface area contributed by atoms with E-state index in [0.29, 0.717) is 13.0 Å². The number of benzene rings is 2. The molecule has 1 fully saturated rings. The number of aryl methyl sites for hydroxylation is 1. The smallest absolute Gasteiger partial charge is 0.227 e. The van der Waals surface area contributed by atoms with Gasteiger partial charge in [-0.2, -0.15) is 5.26 Å². The van der Waals surface area contributed by atoms with Crippen molar-refractivity contribution in [3.8, 4) is 27.9 Å². The molecular formula is C24H20N4OS. The average Bonchev–Trinajstić information content (AvgIpc) is 3.41. The molecule has 0 spiro atoms. The van der Waals surface area contributed by atoms with Crippen LogP contribution >= 0.6 is 11.3 Å². The summed E-state index contributed by atoms with van der Waals surface area (Å²) in [6.07, 6.45) is 4.57. The third-order valence-corrected chi connectivity index (χ3v) is 6.27. The van der Waals surface area contributed by atoms with E-state index in [1.807, 2.05) is 36.4 Å². The number of nitrogens with zero attached hydrogens (tertiary/aromatic N) is 3. The van der Waals surface area contributed by atoms with Gasteiger partial charge in [0.25, 0.3) is 0 Å². The number of nitriles is 1. The molecule has 0 radical (unpaired) electrons. The fraction of sp³-hybridized carbons (Fsp3) is 0.208. The van der Waals surface area contributed by atoms with Gasteiger partial charge >= 0.3 is 0 Å². The largest absolute Gasteiger partial charge is 0.346 e. The van der Waals surface area contributed by atoms with Gasteiger partial charge in [-0.3, -0.25) is 4.79 Å². The summed E-state index contributed by atoms with van der Waals surface area (Å²) in [6, 6.07) is 18.3. The molecule has 2 aromatic heterocycles. The Kier molecular flexibility index (Phi) is 4.82. The molecule has 0 unspecified atom stereocenters. The second kappa shape index (κ2) is 7.77. The molecule has 6 heteroatoms. The molecule has 0 aliphatic heterocycles. The summed E-state index contributed by atoms with van der Waals surface area (Å²) in [4.78, 5) is 16.8. The highest BCUT2D eigenvalue weighted by Gasteiger charge is 2.29. The molecular weight excluding hydrogens is 392 g/mol. The van der Waals surface area contributed by atoms with E-state index >= 15 is 0 Å². The Balaban J connectivity index is 1.42. The van der Waals surface area contributed by atoms with Gasteiger partial charge in [0.05, 0.1) is 18.2 Å². The number of hydrogen-bond donors (Lipinski definition) is 1. The average molecular weight is 413 g/mol. The van der Waals surface area contributed by atoms with Crippen LogP contribution in [0, 0.1) is 17.2 Å². The summed E-state index contributed by atoms with van der Waals surface area (Å²) in [5.41, 5.74) is 5.00. The van der Waals surface area contributed by atoms with Gasteiger partial charge in [-0.25, -0.2) is 4.98 Å². The first kappa shape index (κ1) is 18.6. The lowest BCUT2D eigenvalue weighted by atomic mass is 10.1. The van der Waals surface area contributed by atoms with Crippen molar-refractivity contribution in [1.29, 1.82) is 5.26 Å². The molecule has 0 saturated heterocycles. The molecule has 5 nitrogen and oxygen atoms in total. The Bertz CT molecular complexity index is 1260. The van der Waals surface area contributed by atoms with E-state index in [0.717, 1.165) is 51.3 Å². The third kappa shape index (κ3) is 3.60. The first-order chi connectivity index (χ1) is 14.7. The highest BCUT2D eigenvalue weighted by atomic mass is 32.1. The predicted molar refractivity (Wildman–Crippen MR) is 120 cm³/mol. The third-order valence-electron chi connectivity index (χ3n) is 5.38. The minimum Gasteiger partial charge on any atom is -0.346 e. The number of nitrogens with one attached hydrogen (secondary N) is 1. The number of anilines is 1. The van der Waals surface area contributed by atoms with E-state index in [1.165, 1.54) is 0 Å². The molecule has 148 valence electrons. The Morgan fingerprint density at radius 3 is 2.77 bits per heavy atom. The summed E-state index contributed by atoms with van der Waals surface area (Å²) in [6.45, 7) is 0.669. The van der Waals surface area contributed by atoms with Gasteiger partial charge in [0, 0.05) is 51.8 Å². The second-order valence-corrected chi connectivity index (χ2v) is 8.40. The Morgan fingerprint density at radius 2 is 2.00 bits per heavy atom. The fourth-order valence-corrected chi connectivity index (χ4v) is 4.45. The molecule has 1 N–H and O–H groups in total. The predicted octanol–water partition coefficient (Wildman–Crippen LogP) is 5.69. The summed E-state index contributed by atoms with van der Waals surface area (Å²) in [5, 5.41) is 16.1. The molecule has 1 saturated carbocycles. The Hall–Kier alpha value is -3.43. The molecule has 5 rings (SSSR count). The van der Waals surface area contributed by atoms with Gasteiger partial charge in [0.15, 0.2) is 0 Å². The van der Waals surface area contributed by atoms with Crippen molar-refractivity contribution in [3.05, 3.63) is 60.1 Å². The van der Waals surface area contributed by atoms with Crippen LogP contribution in [0.1, 0.15) is 19.3 Å². The maximum absolute atomic E-state index is 11.9. The maximum atomic E-state index is 11.9. The van der Waals surface area contributed by atoms with Crippen LogP contribution in [0.5, 0.6) is 0 Å². The van der Waals surface area contributed by atoms with Crippen molar-refractivity contribution < 1.29 is 4.79 Å². The van der Waals surface area contributed by atoms with E-state index < -0.39 is 0 Å². The topological polar surface area (TPSA) is 70.7 Å². The first-order valence-corrected chi connectivity index (χ1v) is 10.9. The molecule has 1 amide bonds. The lowest BCUT2D eigenvalue weighted by Gasteiger charge is -2.04. The van der Waals surface area contributed by atoms with E-state index in [9.17, 15) is 4.79 Å². The first-order valence-electron chi connectivity index (χ1n) is 10.0. The van der Waals surface area contributed by atoms with Crippen LogP contribution in [0.3, 0.4) is 0 Å². The number of carbonyl (C=O) groups excluding carboxylic acids is 1. The van der Waals surface area contributed by atoms with Crippen LogP contribution in [0.15, 0.2) is 60.1 Å². The maximum Gasteiger partial charge on any atom is 0.227 e. The minimum atomic E-state index is 0.118. The fourth-order valence-electron chi connectivity index (χ4n) is 3.62. The van der Waals surface area contributed by atoms with Gasteiger partial charge in [0.1, 0.15) is 5.01 Å². The Labute approximate surface area is 178 Å². The molecule has 0 bridgehead atoms. The lowest BCUT2D eigenvalue weighted by Crippen LogP contribution is -2.12. The highest BCUT2D eigenvalue weighted by molar-refractivity contribution is 7.13. The normalized spacial score (nSPS) is 13.3. The number of aromatic nitrogens is 2. The number of amides is 1. The summed E-state index contributed by atoms with van der Waals surface area (Å²) in [7, 11) is 0. The lowest BCUT2D eigenvalue weighted by molar-refractivity contribution is -0.117. The van der Waals surface area contributed by atoms with Crippen LogP contribution in [0.25, 0.3) is 32.7 Å². The zero-order valence-electron chi connectivity index (χ0n) is 16.3.